The fourth-order valence-electron chi connectivity index (χ4n) is 3.54. The van der Waals surface area contributed by atoms with Gasteiger partial charge in [-0.15, -0.1) is 0 Å². The predicted molar refractivity (Wildman–Crippen MR) is 121 cm³/mol. The smallest absolute Gasteiger partial charge is 0.410 e. The van der Waals surface area contributed by atoms with Crippen molar-refractivity contribution < 1.29 is 40.0 Å². The van der Waals surface area contributed by atoms with Gasteiger partial charge in [0.25, 0.3) is 10.1 Å². The number of carbonyl (C=O) groups is 1. The Hall–Kier alpha value is -2.63. The summed E-state index contributed by atoms with van der Waals surface area (Å²) in [4.78, 5) is 14.0. The summed E-state index contributed by atoms with van der Waals surface area (Å²) >= 11 is 0. The summed E-state index contributed by atoms with van der Waals surface area (Å²) in [7, 11) is -4.07. The number of halogens is 3. The molecule has 0 aliphatic carbocycles. The highest BCUT2D eigenvalue weighted by Crippen LogP contribution is 2.26. The third-order valence-electron chi connectivity index (χ3n) is 5.26. The Kier molecular flexibility index (Phi) is 8.13. The van der Waals surface area contributed by atoms with Gasteiger partial charge in [-0.3, -0.25) is 4.18 Å². The van der Waals surface area contributed by atoms with Crippen molar-refractivity contribution in [1.82, 2.24) is 4.90 Å². The molecular weight excluding hydrogens is 487 g/mol. The maximum Gasteiger partial charge on any atom is 0.410 e. The van der Waals surface area contributed by atoms with Gasteiger partial charge in [0.2, 0.25) is 0 Å². The molecule has 0 N–H and O–H groups in total. The number of likely N-dealkylation sites (tertiary alicyclic amines) is 1. The Morgan fingerprint density at radius 3 is 2.26 bits per heavy atom. The van der Waals surface area contributed by atoms with E-state index in [0.29, 0.717) is 0 Å². The maximum absolute atomic E-state index is 13.5. The standard InChI is InChI=1S/C24H28F3NO6S/c1-15-5-7-19(8-6-15)35(30,31)33-14-17-11-18(12-28(17)23(29)34-24(2,3)4)32-13-16-9-20(25)22(27)21(26)10-16/h5-10,17-18H,11-14H2,1-4H3. The van der Waals surface area contributed by atoms with Crippen molar-refractivity contribution in [2.45, 2.75) is 63.4 Å². The van der Waals surface area contributed by atoms with Crippen LogP contribution in [0, 0.1) is 24.4 Å². The van der Waals surface area contributed by atoms with Crippen LogP contribution in [0.2, 0.25) is 0 Å². The first-order valence-corrected chi connectivity index (χ1v) is 12.4. The first kappa shape index (κ1) is 27.0. The predicted octanol–water partition coefficient (Wildman–Crippen LogP) is 4.71. The lowest BCUT2D eigenvalue weighted by atomic mass is 10.2. The van der Waals surface area contributed by atoms with Gasteiger partial charge in [-0.2, -0.15) is 8.42 Å². The molecule has 3 rings (SSSR count). The quantitative estimate of drug-likeness (QED) is 0.392. The molecular formula is C24H28F3NO6S. The number of rotatable bonds is 7. The summed E-state index contributed by atoms with van der Waals surface area (Å²) in [5, 5.41) is 0. The summed E-state index contributed by atoms with van der Waals surface area (Å²) in [6, 6.07) is 7.10. The van der Waals surface area contributed by atoms with E-state index < -0.39 is 51.4 Å². The molecule has 0 saturated carbocycles. The topological polar surface area (TPSA) is 82.1 Å². The zero-order valence-corrected chi connectivity index (χ0v) is 20.7. The molecule has 1 fully saturated rings. The van der Waals surface area contributed by atoms with E-state index in [-0.39, 0.29) is 36.6 Å². The van der Waals surface area contributed by atoms with Crippen LogP contribution in [0.1, 0.15) is 38.3 Å². The number of amides is 1. The molecule has 0 radical (unpaired) electrons. The van der Waals surface area contributed by atoms with Crippen molar-refractivity contribution in [3.8, 4) is 0 Å². The van der Waals surface area contributed by atoms with Gasteiger partial charge >= 0.3 is 6.09 Å². The number of nitrogens with zero attached hydrogens (tertiary/aromatic N) is 1. The summed E-state index contributed by atoms with van der Waals surface area (Å²) in [6.45, 7) is 6.37. The fourth-order valence-corrected chi connectivity index (χ4v) is 4.48. The normalized spacial score (nSPS) is 18.7. The van der Waals surface area contributed by atoms with Gasteiger partial charge in [0.1, 0.15) is 5.60 Å². The van der Waals surface area contributed by atoms with Crippen molar-refractivity contribution in [3.05, 3.63) is 65.0 Å². The average molecular weight is 516 g/mol. The van der Waals surface area contributed by atoms with E-state index in [9.17, 15) is 26.4 Å². The van der Waals surface area contributed by atoms with Crippen molar-refractivity contribution in [2.24, 2.45) is 0 Å². The summed E-state index contributed by atoms with van der Waals surface area (Å²) < 4.78 is 81.7. The second kappa shape index (κ2) is 10.5. The molecule has 1 heterocycles. The molecule has 192 valence electrons. The zero-order valence-electron chi connectivity index (χ0n) is 19.9. The van der Waals surface area contributed by atoms with Crippen molar-refractivity contribution in [1.29, 1.82) is 0 Å². The Bertz CT molecular complexity index is 1140. The molecule has 1 aliphatic rings. The minimum Gasteiger partial charge on any atom is -0.444 e. The molecule has 2 aromatic carbocycles. The molecule has 0 spiro atoms. The first-order valence-electron chi connectivity index (χ1n) is 11.0. The molecule has 1 amide bonds. The largest absolute Gasteiger partial charge is 0.444 e. The van der Waals surface area contributed by atoms with Crippen LogP contribution in [0.3, 0.4) is 0 Å². The second-order valence-corrected chi connectivity index (χ2v) is 11.0. The summed E-state index contributed by atoms with van der Waals surface area (Å²) in [5.41, 5.74) is 0.169. The highest BCUT2D eigenvalue weighted by Gasteiger charge is 2.39. The van der Waals surface area contributed by atoms with Gasteiger partial charge < -0.3 is 14.4 Å². The van der Waals surface area contributed by atoms with E-state index in [4.69, 9.17) is 13.7 Å². The van der Waals surface area contributed by atoms with Crippen LogP contribution in [0.15, 0.2) is 41.3 Å². The second-order valence-electron chi connectivity index (χ2n) is 9.38. The fraction of sp³-hybridized carbons (Fsp3) is 0.458. The Labute approximate surface area is 202 Å². The molecule has 35 heavy (non-hydrogen) atoms. The van der Waals surface area contributed by atoms with Gasteiger partial charge in [0.15, 0.2) is 17.5 Å². The highest BCUT2D eigenvalue weighted by molar-refractivity contribution is 7.86. The Morgan fingerprint density at radius 2 is 1.69 bits per heavy atom. The van der Waals surface area contributed by atoms with E-state index in [1.807, 2.05) is 6.92 Å². The van der Waals surface area contributed by atoms with Gasteiger partial charge in [-0.1, -0.05) is 17.7 Å². The molecule has 7 nitrogen and oxygen atoms in total. The maximum atomic E-state index is 13.5. The van der Waals surface area contributed by atoms with E-state index in [1.165, 1.54) is 17.0 Å². The number of carbonyl (C=O) groups excluding carboxylic acids is 1. The van der Waals surface area contributed by atoms with Crippen molar-refractivity contribution in [2.75, 3.05) is 13.2 Å². The molecule has 11 heteroatoms. The molecule has 0 aromatic heterocycles. The molecule has 0 bridgehead atoms. The zero-order chi connectivity index (χ0) is 26.0. The minimum absolute atomic E-state index is 0.0157. The molecule has 2 unspecified atom stereocenters. The average Bonchev–Trinajstić information content (AvgIpc) is 3.17. The van der Waals surface area contributed by atoms with Gasteiger partial charge in [0.05, 0.1) is 36.8 Å². The lowest BCUT2D eigenvalue weighted by Crippen LogP contribution is -2.42. The van der Waals surface area contributed by atoms with Crippen LogP contribution in [-0.2, 0) is 30.4 Å². The van der Waals surface area contributed by atoms with Gasteiger partial charge in [0, 0.05) is 0 Å². The van der Waals surface area contributed by atoms with Crippen molar-refractivity contribution in [3.63, 3.8) is 0 Å². The number of ether oxygens (including phenoxy) is 2. The van der Waals surface area contributed by atoms with E-state index in [0.717, 1.165) is 17.7 Å². The highest BCUT2D eigenvalue weighted by atomic mass is 32.2. The molecule has 1 saturated heterocycles. The third kappa shape index (κ3) is 7.18. The van der Waals surface area contributed by atoms with Crippen molar-refractivity contribution >= 4 is 16.2 Å². The lowest BCUT2D eigenvalue weighted by molar-refractivity contribution is 0.0128. The lowest BCUT2D eigenvalue weighted by Gasteiger charge is -2.28. The van der Waals surface area contributed by atoms with E-state index in [1.54, 1.807) is 32.9 Å². The number of benzene rings is 2. The van der Waals surface area contributed by atoms with E-state index in [2.05, 4.69) is 0 Å². The molecule has 2 aromatic rings. The monoisotopic (exact) mass is 515 g/mol. The summed E-state index contributed by atoms with van der Waals surface area (Å²) in [5.74, 6) is -4.24. The van der Waals surface area contributed by atoms with Crippen LogP contribution in [0.5, 0.6) is 0 Å². The number of aryl methyl sites for hydroxylation is 1. The SMILES string of the molecule is Cc1ccc(S(=O)(=O)OCC2CC(OCc3cc(F)c(F)c(F)c3)CN2C(=O)OC(C)(C)C)cc1. The van der Waals surface area contributed by atoms with Crippen LogP contribution < -0.4 is 0 Å². The minimum atomic E-state index is -4.07. The summed E-state index contributed by atoms with van der Waals surface area (Å²) in [6.07, 6.45) is -1.09. The van der Waals surface area contributed by atoms with E-state index >= 15 is 0 Å². The Morgan fingerprint density at radius 1 is 1.09 bits per heavy atom. The first-order chi connectivity index (χ1) is 16.2. The van der Waals surface area contributed by atoms with Crippen LogP contribution in [0.25, 0.3) is 0 Å². The van der Waals surface area contributed by atoms with Gasteiger partial charge in [-0.05, 0) is 63.9 Å². The van der Waals surface area contributed by atoms with Crippen LogP contribution >= 0.6 is 0 Å². The van der Waals surface area contributed by atoms with Crippen LogP contribution in [-0.4, -0.2) is 50.3 Å². The van der Waals surface area contributed by atoms with Gasteiger partial charge in [-0.25, -0.2) is 18.0 Å². The molecule has 2 atom stereocenters. The number of hydrogen-bond acceptors (Lipinski definition) is 6. The Balaban J connectivity index is 1.70. The molecule has 1 aliphatic heterocycles. The third-order valence-corrected chi connectivity index (χ3v) is 6.55. The number of hydrogen-bond donors (Lipinski definition) is 0. The van der Waals surface area contributed by atoms with Crippen LogP contribution in [0.4, 0.5) is 18.0 Å².